The van der Waals surface area contributed by atoms with Gasteiger partial charge >= 0.3 is 0 Å². The lowest BCUT2D eigenvalue weighted by molar-refractivity contribution is -0.129. The lowest BCUT2D eigenvalue weighted by atomic mass is 10.1. The molecule has 2 amide bonds. The van der Waals surface area contributed by atoms with Crippen molar-refractivity contribution >= 4 is 39.1 Å². The molecule has 0 aromatic heterocycles. The smallest absolute Gasteiger partial charge is 0.240 e. The summed E-state index contributed by atoms with van der Waals surface area (Å²) in [4.78, 5) is 25.0. The minimum absolute atomic E-state index is 0.0465. The first-order valence-electron chi connectivity index (χ1n) is 8.07. The highest BCUT2D eigenvalue weighted by Gasteiger charge is 2.27. The molecule has 1 aliphatic heterocycles. The van der Waals surface area contributed by atoms with Crippen molar-refractivity contribution in [3.8, 4) is 0 Å². The van der Waals surface area contributed by atoms with Gasteiger partial charge in [0.25, 0.3) is 0 Å². The fourth-order valence-corrected chi connectivity index (χ4v) is 3.92. The van der Waals surface area contributed by atoms with E-state index >= 15 is 0 Å². The zero-order chi connectivity index (χ0) is 18.7. The number of imide groups is 1. The van der Waals surface area contributed by atoms with Gasteiger partial charge in [0, 0.05) is 24.4 Å². The average molecular weight is 393 g/mol. The van der Waals surface area contributed by atoms with Crippen LogP contribution < -0.4 is 9.62 Å². The van der Waals surface area contributed by atoms with Crippen LogP contribution in [0.25, 0.3) is 0 Å². The molecule has 6 nitrogen and oxygen atoms in total. The fourth-order valence-electron chi connectivity index (χ4n) is 2.71. The highest BCUT2D eigenvalue weighted by molar-refractivity contribution is 7.89. The zero-order valence-corrected chi connectivity index (χ0v) is 15.4. The summed E-state index contributed by atoms with van der Waals surface area (Å²) in [6.45, 7) is 0.0624. The summed E-state index contributed by atoms with van der Waals surface area (Å²) < 4.78 is 27.4. The molecule has 1 heterocycles. The number of benzene rings is 2. The largest absolute Gasteiger partial charge is 0.274 e. The van der Waals surface area contributed by atoms with E-state index in [0.717, 1.165) is 4.90 Å². The van der Waals surface area contributed by atoms with Crippen LogP contribution in [0.3, 0.4) is 0 Å². The topological polar surface area (TPSA) is 83.6 Å². The maximum atomic E-state index is 12.4. The Labute approximate surface area is 156 Å². The van der Waals surface area contributed by atoms with Crippen molar-refractivity contribution in [2.75, 3.05) is 4.90 Å². The van der Waals surface area contributed by atoms with Gasteiger partial charge in [0.2, 0.25) is 21.8 Å². The van der Waals surface area contributed by atoms with Gasteiger partial charge in [0.1, 0.15) is 0 Å². The second-order valence-electron chi connectivity index (χ2n) is 5.89. The van der Waals surface area contributed by atoms with Gasteiger partial charge in [0.15, 0.2) is 0 Å². The standard InChI is InChI=1S/C18H17ClN2O4S/c19-16-5-2-1-4-13(16)12-20-26(24,25)15-10-8-14(9-11-15)21-17(22)6-3-7-18(21)23/h1-2,4-5,8-11,20H,3,6-7,12H2. The van der Waals surface area contributed by atoms with Crippen LogP contribution >= 0.6 is 11.6 Å². The molecule has 1 N–H and O–H groups in total. The summed E-state index contributed by atoms with van der Waals surface area (Å²) in [6.07, 6.45) is 1.17. The Balaban J connectivity index is 1.76. The van der Waals surface area contributed by atoms with E-state index < -0.39 is 10.0 Å². The molecular formula is C18H17ClN2O4S. The van der Waals surface area contributed by atoms with E-state index in [9.17, 15) is 18.0 Å². The number of nitrogens with one attached hydrogen (secondary N) is 1. The molecule has 2 aromatic carbocycles. The van der Waals surface area contributed by atoms with Crippen LogP contribution in [0.5, 0.6) is 0 Å². The third-order valence-electron chi connectivity index (χ3n) is 4.10. The fraction of sp³-hybridized carbons (Fsp3) is 0.222. The van der Waals surface area contributed by atoms with Crippen molar-refractivity contribution in [1.29, 1.82) is 0 Å². The van der Waals surface area contributed by atoms with Crippen molar-refractivity contribution < 1.29 is 18.0 Å². The lowest BCUT2D eigenvalue weighted by Crippen LogP contribution is -2.40. The van der Waals surface area contributed by atoms with Crippen LogP contribution in [0.4, 0.5) is 5.69 Å². The summed E-state index contributed by atoms with van der Waals surface area (Å²) in [7, 11) is -3.75. The number of nitrogens with zero attached hydrogens (tertiary/aromatic N) is 1. The molecule has 0 radical (unpaired) electrons. The molecule has 1 aliphatic rings. The van der Waals surface area contributed by atoms with E-state index in [1.807, 2.05) is 0 Å². The highest BCUT2D eigenvalue weighted by Crippen LogP contribution is 2.24. The number of anilines is 1. The van der Waals surface area contributed by atoms with Crippen LogP contribution in [0.15, 0.2) is 53.4 Å². The van der Waals surface area contributed by atoms with Crippen molar-refractivity contribution in [3.63, 3.8) is 0 Å². The van der Waals surface area contributed by atoms with E-state index in [4.69, 9.17) is 11.6 Å². The Bertz CT molecular complexity index is 926. The summed E-state index contributed by atoms with van der Waals surface area (Å²) in [5.41, 5.74) is 1.05. The normalized spacial score (nSPS) is 15.3. The first-order chi connectivity index (χ1) is 12.4. The van der Waals surface area contributed by atoms with Crippen molar-refractivity contribution in [3.05, 3.63) is 59.1 Å². The number of halogens is 1. The summed E-state index contributed by atoms with van der Waals surface area (Å²) in [5, 5.41) is 0.479. The monoisotopic (exact) mass is 392 g/mol. The van der Waals surface area contributed by atoms with Crippen LogP contribution in [-0.2, 0) is 26.2 Å². The molecule has 1 fully saturated rings. The number of amides is 2. The molecule has 136 valence electrons. The molecule has 26 heavy (non-hydrogen) atoms. The number of piperidine rings is 1. The second kappa shape index (κ2) is 7.57. The van der Waals surface area contributed by atoms with Gasteiger partial charge in [-0.05, 0) is 42.3 Å². The number of hydrogen-bond donors (Lipinski definition) is 1. The Kier molecular flexibility index (Phi) is 5.41. The average Bonchev–Trinajstić information content (AvgIpc) is 2.61. The summed E-state index contributed by atoms with van der Waals surface area (Å²) >= 11 is 6.03. The van der Waals surface area contributed by atoms with Crippen LogP contribution in [-0.4, -0.2) is 20.2 Å². The molecule has 0 bridgehead atoms. The predicted molar refractivity (Wildman–Crippen MR) is 98.3 cm³/mol. The highest BCUT2D eigenvalue weighted by atomic mass is 35.5. The molecular weight excluding hydrogens is 376 g/mol. The van der Waals surface area contributed by atoms with Crippen molar-refractivity contribution in [2.24, 2.45) is 0 Å². The quantitative estimate of drug-likeness (QED) is 0.793. The van der Waals surface area contributed by atoms with E-state index in [2.05, 4.69) is 4.72 Å². The second-order valence-corrected chi connectivity index (χ2v) is 8.06. The van der Waals surface area contributed by atoms with E-state index in [0.29, 0.717) is 35.5 Å². The zero-order valence-electron chi connectivity index (χ0n) is 13.8. The number of rotatable bonds is 5. The summed E-state index contributed by atoms with van der Waals surface area (Å²) in [6, 6.07) is 12.6. The van der Waals surface area contributed by atoms with E-state index in [1.54, 1.807) is 24.3 Å². The molecule has 0 unspecified atom stereocenters. The van der Waals surface area contributed by atoms with Crippen LogP contribution in [0.1, 0.15) is 24.8 Å². The Hall–Kier alpha value is -2.22. The number of hydrogen-bond acceptors (Lipinski definition) is 4. The molecule has 1 saturated heterocycles. The minimum atomic E-state index is -3.75. The number of carbonyl (C=O) groups is 2. The molecule has 0 atom stereocenters. The maximum absolute atomic E-state index is 12.4. The molecule has 0 aliphatic carbocycles. The molecule has 0 spiro atoms. The third-order valence-corrected chi connectivity index (χ3v) is 5.88. The van der Waals surface area contributed by atoms with Crippen molar-refractivity contribution in [2.45, 2.75) is 30.7 Å². The van der Waals surface area contributed by atoms with Gasteiger partial charge < -0.3 is 0 Å². The van der Waals surface area contributed by atoms with Gasteiger partial charge in [0.05, 0.1) is 10.6 Å². The molecule has 8 heteroatoms. The number of carbonyl (C=O) groups excluding carboxylic acids is 2. The third kappa shape index (κ3) is 3.95. The Morgan fingerprint density at radius 1 is 0.962 bits per heavy atom. The molecule has 2 aromatic rings. The minimum Gasteiger partial charge on any atom is -0.274 e. The van der Waals surface area contributed by atoms with Gasteiger partial charge in [-0.25, -0.2) is 13.1 Å². The van der Waals surface area contributed by atoms with E-state index in [-0.39, 0.29) is 23.3 Å². The first-order valence-corrected chi connectivity index (χ1v) is 9.93. The predicted octanol–water partition coefficient (Wildman–Crippen LogP) is 2.86. The van der Waals surface area contributed by atoms with Crippen molar-refractivity contribution in [1.82, 2.24) is 4.72 Å². The van der Waals surface area contributed by atoms with Gasteiger partial charge in [-0.2, -0.15) is 0 Å². The Morgan fingerprint density at radius 3 is 2.19 bits per heavy atom. The Morgan fingerprint density at radius 2 is 1.58 bits per heavy atom. The maximum Gasteiger partial charge on any atom is 0.240 e. The summed E-state index contributed by atoms with van der Waals surface area (Å²) in [5.74, 6) is -0.539. The first kappa shape index (κ1) is 18.6. The van der Waals surface area contributed by atoms with E-state index in [1.165, 1.54) is 24.3 Å². The van der Waals surface area contributed by atoms with Gasteiger partial charge in [-0.3, -0.25) is 14.5 Å². The lowest BCUT2D eigenvalue weighted by Gasteiger charge is -2.24. The van der Waals surface area contributed by atoms with Crippen LogP contribution in [0, 0.1) is 0 Å². The van der Waals surface area contributed by atoms with Crippen LogP contribution in [0.2, 0.25) is 5.02 Å². The van der Waals surface area contributed by atoms with Gasteiger partial charge in [-0.15, -0.1) is 0 Å². The molecule has 3 rings (SSSR count). The number of sulfonamides is 1. The van der Waals surface area contributed by atoms with Gasteiger partial charge in [-0.1, -0.05) is 29.8 Å². The SMILES string of the molecule is O=C1CCCC(=O)N1c1ccc(S(=O)(=O)NCc2ccccc2Cl)cc1. The molecule has 0 saturated carbocycles.